The molecule has 4 nitrogen and oxygen atoms in total. The number of aliphatic hydroxyl groups excluding tert-OH is 1. The zero-order chi connectivity index (χ0) is 5.86. The van der Waals surface area contributed by atoms with Gasteiger partial charge >= 0.3 is 5.97 Å². The van der Waals surface area contributed by atoms with Gasteiger partial charge in [-0.1, -0.05) is 0 Å². The highest BCUT2D eigenvalue weighted by Gasteiger charge is 2.07. The van der Waals surface area contributed by atoms with Crippen LogP contribution < -0.4 is 5.73 Å². The lowest BCUT2D eigenvalue weighted by Gasteiger charge is -1.96. The Kier molecular flexibility index (Phi) is 6.41. The van der Waals surface area contributed by atoms with Crippen molar-refractivity contribution in [3.63, 3.8) is 0 Å². The van der Waals surface area contributed by atoms with Gasteiger partial charge < -0.3 is 15.9 Å². The van der Waals surface area contributed by atoms with Crippen molar-refractivity contribution >= 4 is 18.4 Å². The SMILES string of the molecule is Cl.NC[C@@H](O)C(=O)O. The van der Waals surface area contributed by atoms with Gasteiger partial charge in [0.05, 0.1) is 0 Å². The van der Waals surface area contributed by atoms with E-state index in [-0.39, 0.29) is 19.0 Å². The molecule has 0 radical (unpaired) electrons. The molecule has 5 heteroatoms. The van der Waals surface area contributed by atoms with E-state index in [0.29, 0.717) is 0 Å². The van der Waals surface area contributed by atoms with Crippen LogP contribution >= 0.6 is 12.4 Å². The van der Waals surface area contributed by atoms with Gasteiger partial charge in [-0.05, 0) is 0 Å². The van der Waals surface area contributed by atoms with Crippen LogP contribution in [0.3, 0.4) is 0 Å². The predicted molar refractivity (Wildman–Crippen MR) is 29.9 cm³/mol. The number of rotatable bonds is 2. The van der Waals surface area contributed by atoms with Gasteiger partial charge in [0.15, 0.2) is 6.10 Å². The van der Waals surface area contributed by atoms with E-state index in [4.69, 9.17) is 15.9 Å². The fourth-order valence-electron chi connectivity index (χ4n) is 0.101. The number of hydrogen-bond donors (Lipinski definition) is 3. The summed E-state index contributed by atoms with van der Waals surface area (Å²) in [6, 6.07) is 0. The van der Waals surface area contributed by atoms with Crippen LogP contribution in [-0.4, -0.2) is 28.8 Å². The summed E-state index contributed by atoms with van der Waals surface area (Å²) < 4.78 is 0. The first kappa shape index (κ1) is 10.6. The molecular weight excluding hydrogens is 133 g/mol. The average Bonchev–Trinajstić information content (AvgIpc) is 1.65. The third-order valence-corrected chi connectivity index (χ3v) is 0.508. The Morgan fingerprint density at radius 3 is 2.12 bits per heavy atom. The van der Waals surface area contributed by atoms with Crippen molar-refractivity contribution in [2.24, 2.45) is 5.73 Å². The molecule has 0 aromatic heterocycles. The number of carbonyl (C=O) groups is 1. The molecule has 50 valence electrons. The maximum Gasteiger partial charge on any atom is 0.333 e. The second kappa shape index (κ2) is 4.83. The van der Waals surface area contributed by atoms with E-state index in [2.05, 4.69) is 0 Å². The molecule has 0 saturated carbocycles. The summed E-state index contributed by atoms with van der Waals surface area (Å²) in [6.45, 7) is -0.227. The summed E-state index contributed by atoms with van der Waals surface area (Å²) in [5.41, 5.74) is 4.74. The third kappa shape index (κ3) is 3.86. The van der Waals surface area contributed by atoms with Gasteiger partial charge in [-0.3, -0.25) is 0 Å². The molecule has 0 aliphatic rings. The zero-order valence-corrected chi connectivity index (χ0v) is 4.89. The summed E-state index contributed by atoms with van der Waals surface area (Å²) in [5.74, 6) is -1.28. The Labute approximate surface area is 52.7 Å². The topological polar surface area (TPSA) is 83.5 Å². The highest BCUT2D eigenvalue weighted by molar-refractivity contribution is 5.85. The summed E-state index contributed by atoms with van der Waals surface area (Å²) in [7, 11) is 0. The third-order valence-electron chi connectivity index (χ3n) is 0.508. The van der Waals surface area contributed by atoms with E-state index in [9.17, 15) is 4.79 Å². The first-order valence-electron chi connectivity index (χ1n) is 1.79. The molecule has 0 bridgehead atoms. The fraction of sp³-hybridized carbons (Fsp3) is 0.667. The smallest absolute Gasteiger partial charge is 0.333 e. The second-order valence-electron chi connectivity index (χ2n) is 1.09. The number of halogens is 1. The predicted octanol–water partition coefficient (Wildman–Crippen LogP) is -1.19. The van der Waals surface area contributed by atoms with Crippen molar-refractivity contribution in [1.82, 2.24) is 0 Å². The highest BCUT2D eigenvalue weighted by atomic mass is 35.5. The van der Waals surface area contributed by atoms with Gasteiger partial charge in [0.25, 0.3) is 0 Å². The van der Waals surface area contributed by atoms with Crippen LogP contribution in [0.4, 0.5) is 0 Å². The molecule has 0 saturated heterocycles. The van der Waals surface area contributed by atoms with Crippen LogP contribution in [0.1, 0.15) is 0 Å². The van der Waals surface area contributed by atoms with E-state index in [1.807, 2.05) is 0 Å². The first-order chi connectivity index (χ1) is 3.18. The quantitative estimate of drug-likeness (QED) is 0.452. The summed E-state index contributed by atoms with van der Waals surface area (Å²) in [6.07, 6.45) is -1.40. The van der Waals surface area contributed by atoms with E-state index < -0.39 is 12.1 Å². The largest absolute Gasteiger partial charge is 0.479 e. The molecule has 0 heterocycles. The van der Waals surface area contributed by atoms with Gasteiger partial charge in [-0.2, -0.15) is 0 Å². The maximum atomic E-state index is 9.60. The van der Waals surface area contributed by atoms with Crippen molar-refractivity contribution in [3.8, 4) is 0 Å². The summed E-state index contributed by atoms with van der Waals surface area (Å²) in [4.78, 5) is 9.60. The minimum Gasteiger partial charge on any atom is -0.479 e. The summed E-state index contributed by atoms with van der Waals surface area (Å²) >= 11 is 0. The maximum absolute atomic E-state index is 9.60. The van der Waals surface area contributed by atoms with E-state index in [1.54, 1.807) is 0 Å². The van der Waals surface area contributed by atoms with E-state index in [1.165, 1.54) is 0 Å². The molecule has 0 aliphatic carbocycles. The molecule has 1 atom stereocenters. The Bertz CT molecular complexity index is 76.9. The molecule has 0 unspecified atom stereocenters. The van der Waals surface area contributed by atoms with Crippen LogP contribution in [0.2, 0.25) is 0 Å². The lowest BCUT2D eigenvalue weighted by molar-refractivity contribution is -0.145. The van der Waals surface area contributed by atoms with Crippen molar-refractivity contribution in [2.75, 3.05) is 6.54 Å². The highest BCUT2D eigenvalue weighted by Crippen LogP contribution is 1.73. The molecule has 8 heavy (non-hydrogen) atoms. The van der Waals surface area contributed by atoms with Crippen LogP contribution in [0.15, 0.2) is 0 Å². The molecule has 0 aliphatic heterocycles. The number of nitrogens with two attached hydrogens (primary N) is 1. The minimum absolute atomic E-state index is 0. The molecule has 0 amide bonds. The fourth-order valence-corrected chi connectivity index (χ4v) is 0.101. The summed E-state index contributed by atoms with van der Waals surface area (Å²) in [5, 5.41) is 16.1. The lowest BCUT2D eigenvalue weighted by atomic mass is 10.4. The van der Waals surface area contributed by atoms with Gasteiger partial charge in [0, 0.05) is 6.54 Å². The van der Waals surface area contributed by atoms with Gasteiger partial charge in [0.1, 0.15) is 0 Å². The van der Waals surface area contributed by atoms with Gasteiger partial charge in [-0.15, -0.1) is 12.4 Å². The lowest BCUT2D eigenvalue weighted by Crippen LogP contribution is -2.28. The number of aliphatic carboxylic acids is 1. The first-order valence-corrected chi connectivity index (χ1v) is 1.79. The molecule has 0 fully saturated rings. The van der Waals surface area contributed by atoms with Crippen molar-refractivity contribution in [2.45, 2.75) is 6.10 Å². The van der Waals surface area contributed by atoms with Gasteiger partial charge in [-0.25, -0.2) is 4.79 Å². The Balaban J connectivity index is 0. The molecule has 0 spiro atoms. The monoisotopic (exact) mass is 141 g/mol. The van der Waals surface area contributed by atoms with Crippen LogP contribution in [0.5, 0.6) is 0 Å². The number of hydrogen-bond acceptors (Lipinski definition) is 3. The zero-order valence-electron chi connectivity index (χ0n) is 4.07. The average molecular weight is 142 g/mol. The van der Waals surface area contributed by atoms with Crippen molar-refractivity contribution in [1.29, 1.82) is 0 Å². The number of carboxylic acids is 1. The normalized spacial score (nSPS) is 11.8. The Morgan fingerprint density at radius 2 is 2.12 bits per heavy atom. The number of aliphatic hydroxyl groups is 1. The standard InChI is InChI=1S/C3H7NO3.ClH/c4-1-2(5)3(6)7;/h2,5H,1,4H2,(H,6,7);1H/t2-;/m1./s1. The van der Waals surface area contributed by atoms with Crippen molar-refractivity contribution in [3.05, 3.63) is 0 Å². The molecule has 0 aromatic carbocycles. The van der Waals surface area contributed by atoms with Gasteiger partial charge in [0.2, 0.25) is 0 Å². The van der Waals surface area contributed by atoms with Crippen LogP contribution in [0, 0.1) is 0 Å². The van der Waals surface area contributed by atoms with Crippen LogP contribution in [0.25, 0.3) is 0 Å². The minimum atomic E-state index is -1.40. The van der Waals surface area contributed by atoms with E-state index in [0.717, 1.165) is 0 Å². The van der Waals surface area contributed by atoms with E-state index >= 15 is 0 Å². The molecule has 0 rings (SSSR count). The molecule has 0 aromatic rings. The Morgan fingerprint density at radius 1 is 1.75 bits per heavy atom. The van der Waals surface area contributed by atoms with Crippen LogP contribution in [-0.2, 0) is 4.79 Å². The molecule has 4 N–H and O–H groups in total. The van der Waals surface area contributed by atoms with Crippen molar-refractivity contribution < 1.29 is 15.0 Å². The Hall–Kier alpha value is -0.320. The second-order valence-corrected chi connectivity index (χ2v) is 1.09. The molecular formula is C3H8ClNO3. The number of carboxylic acid groups (broad SMARTS) is 1.